The van der Waals surface area contributed by atoms with Crippen LogP contribution < -0.4 is 19.8 Å². The summed E-state index contributed by atoms with van der Waals surface area (Å²) in [7, 11) is 1.58. The van der Waals surface area contributed by atoms with Crippen molar-refractivity contribution in [3.05, 3.63) is 60.8 Å². The molecular formula is C21H18N4O4S. The number of aromatic nitrogens is 3. The summed E-state index contributed by atoms with van der Waals surface area (Å²) in [6.07, 6.45) is 1.93. The van der Waals surface area contributed by atoms with Crippen molar-refractivity contribution in [3.8, 4) is 17.4 Å². The smallest absolute Gasteiger partial charge is 0.297 e. The van der Waals surface area contributed by atoms with Crippen molar-refractivity contribution in [1.29, 1.82) is 0 Å². The fourth-order valence-electron chi connectivity index (χ4n) is 2.91. The molecule has 0 aliphatic carbocycles. The lowest BCUT2D eigenvalue weighted by atomic mass is 10.2. The maximum atomic E-state index is 12.4. The molecule has 1 amide bonds. The number of hydrogen-bond acceptors (Lipinski definition) is 7. The highest BCUT2D eigenvalue weighted by molar-refractivity contribution is 7.99. The van der Waals surface area contributed by atoms with Gasteiger partial charge in [-0.2, -0.15) is 0 Å². The molecule has 0 aliphatic rings. The quantitative estimate of drug-likeness (QED) is 0.361. The number of hydrogen-bond donors (Lipinski definition) is 1. The first-order valence-electron chi connectivity index (χ1n) is 9.15. The Kier molecular flexibility index (Phi) is 5.80. The van der Waals surface area contributed by atoms with Gasteiger partial charge in [0.1, 0.15) is 5.75 Å². The number of pyridine rings is 1. The maximum Gasteiger partial charge on any atom is 0.297 e. The third-order valence-electron chi connectivity index (χ3n) is 4.38. The van der Waals surface area contributed by atoms with E-state index >= 15 is 0 Å². The lowest BCUT2D eigenvalue weighted by molar-refractivity contribution is -0.705. The number of amides is 1. The van der Waals surface area contributed by atoms with E-state index in [1.54, 1.807) is 37.6 Å². The highest BCUT2D eigenvalue weighted by Crippen LogP contribution is 2.25. The summed E-state index contributed by atoms with van der Waals surface area (Å²) in [5.41, 5.74) is 2.18. The van der Waals surface area contributed by atoms with Crippen molar-refractivity contribution >= 4 is 34.3 Å². The van der Waals surface area contributed by atoms with Crippen LogP contribution in [0.3, 0.4) is 0 Å². The molecular weight excluding hydrogens is 404 g/mol. The van der Waals surface area contributed by atoms with Crippen molar-refractivity contribution in [3.63, 3.8) is 0 Å². The molecule has 0 saturated heterocycles. The first-order valence-corrected chi connectivity index (χ1v) is 10.1. The summed E-state index contributed by atoms with van der Waals surface area (Å²) in [5, 5.41) is 19.9. The molecule has 4 rings (SSSR count). The minimum absolute atomic E-state index is 0.154. The van der Waals surface area contributed by atoms with Gasteiger partial charge in [0.25, 0.3) is 5.03 Å². The van der Waals surface area contributed by atoms with Crippen molar-refractivity contribution in [2.45, 2.75) is 11.4 Å². The Labute approximate surface area is 176 Å². The van der Waals surface area contributed by atoms with Gasteiger partial charge in [-0.25, -0.2) is 0 Å². The van der Waals surface area contributed by atoms with Gasteiger partial charge >= 0.3 is 0 Å². The zero-order valence-corrected chi connectivity index (χ0v) is 16.9. The molecule has 4 aromatic rings. The van der Waals surface area contributed by atoms with Crippen LogP contribution in [0, 0.1) is 0 Å². The number of rotatable bonds is 7. The van der Waals surface area contributed by atoms with Crippen molar-refractivity contribution in [1.82, 2.24) is 10.3 Å². The summed E-state index contributed by atoms with van der Waals surface area (Å²) in [6.45, 7) is 0. The molecule has 0 saturated carbocycles. The lowest BCUT2D eigenvalue weighted by Gasteiger charge is -2.07. The zero-order chi connectivity index (χ0) is 20.9. The second-order valence-corrected chi connectivity index (χ2v) is 7.38. The van der Waals surface area contributed by atoms with E-state index in [1.165, 1.54) is 16.4 Å². The molecule has 2 heterocycles. The van der Waals surface area contributed by atoms with Crippen LogP contribution in [0.5, 0.6) is 11.7 Å². The molecule has 0 bridgehead atoms. The SMILES string of the molecule is COc1ccc(-[n+]2noc([O-])c2SCCC(=O)Nc2cccc3ncccc23)cc1. The van der Waals surface area contributed by atoms with Gasteiger partial charge in [0.2, 0.25) is 11.6 Å². The van der Waals surface area contributed by atoms with Crippen LogP contribution in [0.4, 0.5) is 5.69 Å². The molecule has 0 atom stereocenters. The van der Waals surface area contributed by atoms with E-state index in [4.69, 9.17) is 9.26 Å². The molecule has 0 fully saturated rings. The first-order chi connectivity index (χ1) is 14.7. The predicted octanol–water partition coefficient (Wildman–Crippen LogP) is 2.70. The Hall–Kier alpha value is -3.59. The molecule has 2 aromatic carbocycles. The second-order valence-electron chi connectivity index (χ2n) is 6.30. The lowest BCUT2D eigenvalue weighted by Crippen LogP contribution is -2.34. The Balaban J connectivity index is 1.40. The Bertz CT molecular complexity index is 1170. The number of thioether (sulfide) groups is 1. The molecule has 2 aromatic heterocycles. The highest BCUT2D eigenvalue weighted by atomic mass is 32.2. The molecule has 30 heavy (non-hydrogen) atoms. The fraction of sp³-hybridized carbons (Fsp3) is 0.143. The molecule has 9 heteroatoms. The largest absolute Gasteiger partial charge is 0.538 e. The van der Waals surface area contributed by atoms with Gasteiger partial charge in [0, 0.05) is 35.9 Å². The third-order valence-corrected chi connectivity index (χ3v) is 5.40. The van der Waals surface area contributed by atoms with Gasteiger partial charge in [-0.05, 0) is 41.1 Å². The van der Waals surface area contributed by atoms with Gasteiger partial charge in [0.15, 0.2) is 5.95 Å². The molecule has 0 unspecified atom stereocenters. The van der Waals surface area contributed by atoms with E-state index in [0.29, 0.717) is 27.9 Å². The van der Waals surface area contributed by atoms with Crippen LogP contribution in [0.15, 0.2) is 70.3 Å². The van der Waals surface area contributed by atoms with Crippen molar-refractivity contribution in [2.75, 3.05) is 18.2 Å². The standard InChI is InChI=1S/C21H18N4O4S/c1-28-15-9-7-14(8-10-15)25-20(21(27)29-24-25)30-13-11-19(26)23-18-6-2-5-17-16(18)4-3-12-22-17/h2-10,12H,11,13H2,1H3,(H-,22,23,24,26,27). The van der Waals surface area contributed by atoms with E-state index in [9.17, 15) is 9.90 Å². The topological polar surface area (TPSA) is 104 Å². The van der Waals surface area contributed by atoms with Crippen molar-refractivity contribution < 1.29 is 23.8 Å². The maximum absolute atomic E-state index is 12.4. The van der Waals surface area contributed by atoms with Crippen LogP contribution in [0.1, 0.15) is 6.42 Å². The highest BCUT2D eigenvalue weighted by Gasteiger charge is 2.21. The number of nitrogens with one attached hydrogen (secondary N) is 1. The average Bonchev–Trinajstić information content (AvgIpc) is 3.14. The van der Waals surface area contributed by atoms with Crippen LogP contribution >= 0.6 is 11.8 Å². The van der Waals surface area contributed by atoms with Crippen LogP contribution in [-0.4, -0.2) is 29.0 Å². The van der Waals surface area contributed by atoms with Crippen LogP contribution in [0.2, 0.25) is 0 Å². The third kappa shape index (κ3) is 4.20. The van der Waals surface area contributed by atoms with Gasteiger partial charge in [-0.3, -0.25) is 9.78 Å². The van der Waals surface area contributed by atoms with Gasteiger partial charge < -0.3 is 19.7 Å². The Morgan fingerprint density at radius 1 is 1.20 bits per heavy atom. The van der Waals surface area contributed by atoms with E-state index in [1.807, 2.05) is 30.3 Å². The predicted molar refractivity (Wildman–Crippen MR) is 110 cm³/mol. The van der Waals surface area contributed by atoms with Crippen LogP contribution in [-0.2, 0) is 4.79 Å². The Morgan fingerprint density at radius 2 is 2.03 bits per heavy atom. The number of nitrogens with zero attached hydrogens (tertiary/aromatic N) is 3. The number of ether oxygens (including phenoxy) is 1. The van der Waals surface area contributed by atoms with E-state index in [-0.39, 0.29) is 12.3 Å². The summed E-state index contributed by atoms with van der Waals surface area (Å²) < 4.78 is 11.4. The molecule has 1 N–H and O–H groups in total. The minimum atomic E-state index is -0.545. The van der Waals surface area contributed by atoms with Gasteiger partial charge in [-0.15, -0.1) is 0 Å². The van der Waals surface area contributed by atoms with Gasteiger partial charge in [0.05, 0.1) is 23.6 Å². The van der Waals surface area contributed by atoms with E-state index in [0.717, 1.165) is 10.9 Å². The number of anilines is 1. The van der Waals surface area contributed by atoms with Gasteiger partial charge in [-0.1, -0.05) is 17.8 Å². The average molecular weight is 422 g/mol. The second kappa shape index (κ2) is 8.83. The van der Waals surface area contributed by atoms with Crippen LogP contribution in [0.25, 0.3) is 16.6 Å². The monoisotopic (exact) mass is 422 g/mol. The normalized spacial score (nSPS) is 10.8. The minimum Gasteiger partial charge on any atom is -0.538 e. The molecule has 0 radical (unpaired) electrons. The summed E-state index contributed by atoms with van der Waals surface area (Å²) >= 11 is 1.22. The fourth-order valence-corrected chi connectivity index (χ4v) is 3.81. The molecule has 0 aliphatic heterocycles. The Morgan fingerprint density at radius 3 is 2.83 bits per heavy atom. The summed E-state index contributed by atoms with van der Waals surface area (Å²) in [6, 6.07) is 16.4. The summed E-state index contributed by atoms with van der Waals surface area (Å²) in [4.78, 5) is 16.7. The number of benzene rings is 2. The zero-order valence-electron chi connectivity index (χ0n) is 16.1. The number of carbonyl (C=O) groups is 1. The van der Waals surface area contributed by atoms with E-state index in [2.05, 4.69) is 15.6 Å². The molecule has 8 nitrogen and oxygen atoms in total. The number of methoxy groups -OCH3 is 1. The molecule has 0 spiro atoms. The number of fused-ring (bicyclic) bond motifs is 1. The molecule has 152 valence electrons. The summed E-state index contributed by atoms with van der Waals surface area (Å²) in [5.74, 6) is 0.386. The van der Waals surface area contributed by atoms with E-state index < -0.39 is 5.95 Å². The first kappa shape index (κ1) is 19.7. The van der Waals surface area contributed by atoms with Crippen molar-refractivity contribution in [2.24, 2.45) is 0 Å². The number of carbonyl (C=O) groups excluding carboxylic acids is 1.